The molecule has 0 aliphatic heterocycles. The highest BCUT2D eigenvalue weighted by molar-refractivity contribution is 5.76. The predicted molar refractivity (Wildman–Crippen MR) is 356 cm³/mol. The zero-order valence-electron chi connectivity index (χ0n) is 55.0. The van der Waals surface area contributed by atoms with Crippen molar-refractivity contribution in [1.29, 1.82) is 0 Å². The van der Waals surface area contributed by atoms with Crippen molar-refractivity contribution in [3.63, 3.8) is 0 Å². The summed E-state index contributed by atoms with van der Waals surface area (Å²) in [7, 11) is 0. The van der Waals surface area contributed by atoms with Crippen molar-refractivity contribution >= 4 is 11.9 Å². The lowest BCUT2D eigenvalue weighted by Gasteiger charge is -2.20. The van der Waals surface area contributed by atoms with Crippen LogP contribution in [0.5, 0.6) is 0 Å². The van der Waals surface area contributed by atoms with Crippen LogP contribution in [0.15, 0.2) is 24.3 Å². The highest BCUT2D eigenvalue weighted by Crippen LogP contribution is 2.19. The van der Waals surface area contributed by atoms with Crippen LogP contribution in [0.3, 0.4) is 0 Å². The zero-order valence-corrected chi connectivity index (χ0v) is 55.0. The average molecular weight is 1140 g/mol. The molecule has 0 saturated heterocycles. The number of aliphatic hydroxyl groups is 2. The standard InChI is InChI=1S/C75H145NO5/c1-3-5-7-9-11-13-15-17-18-19-37-40-44-47-51-55-59-63-67-73(78)72(71-77)76-74(79)68-64-60-56-52-48-45-41-38-35-33-31-29-27-25-23-21-20-22-24-26-28-30-32-34-36-39-42-46-50-54-58-62-66-70-81-75(80)69-65-61-57-53-49-43-16-14-12-10-8-6-4-2/h14,16,63,67,72-73,77-78H,3-13,15,17-62,64-66,68-71H2,1-2H3,(H,76,79)/b16-14-,67-63+. The molecule has 0 heterocycles. The van der Waals surface area contributed by atoms with Crippen LogP contribution in [-0.4, -0.2) is 47.4 Å². The summed E-state index contributed by atoms with van der Waals surface area (Å²) in [6.07, 6.45) is 90.0. The van der Waals surface area contributed by atoms with Crippen LogP contribution >= 0.6 is 0 Å². The molecule has 0 aromatic carbocycles. The first-order chi connectivity index (χ1) is 40.0. The summed E-state index contributed by atoms with van der Waals surface area (Å²) in [5, 5.41) is 23.2. The van der Waals surface area contributed by atoms with Crippen molar-refractivity contribution in [2.24, 2.45) is 0 Å². The monoisotopic (exact) mass is 1140 g/mol. The van der Waals surface area contributed by atoms with E-state index in [2.05, 4.69) is 31.3 Å². The molecular weight excluding hydrogens is 995 g/mol. The number of carbonyl (C=O) groups excluding carboxylic acids is 2. The number of esters is 1. The summed E-state index contributed by atoms with van der Waals surface area (Å²) in [4.78, 5) is 24.6. The number of rotatable bonds is 70. The predicted octanol–water partition coefficient (Wildman–Crippen LogP) is 24.1. The Morgan fingerprint density at radius 2 is 0.580 bits per heavy atom. The Morgan fingerprint density at radius 3 is 0.889 bits per heavy atom. The third kappa shape index (κ3) is 67.3. The molecule has 0 bridgehead atoms. The van der Waals surface area contributed by atoms with Crippen LogP contribution in [0.4, 0.5) is 0 Å². The van der Waals surface area contributed by atoms with Crippen molar-refractivity contribution in [2.45, 2.75) is 431 Å². The normalized spacial score (nSPS) is 12.6. The first kappa shape index (κ1) is 79.3. The molecule has 0 aromatic rings. The molecule has 0 aromatic heterocycles. The van der Waals surface area contributed by atoms with E-state index in [9.17, 15) is 19.8 Å². The number of allylic oxidation sites excluding steroid dienone is 3. The second kappa shape index (κ2) is 70.8. The number of aliphatic hydroxyl groups excluding tert-OH is 2. The van der Waals surface area contributed by atoms with Crippen molar-refractivity contribution < 1.29 is 24.5 Å². The fourth-order valence-corrected chi connectivity index (χ4v) is 11.8. The maximum absolute atomic E-state index is 12.5. The largest absolute Gasteiger partial charge is 0.466 e. The lowest BCUT2D eigenvalue weighted by atomic mass is 10.0. The molecule has 1 amide bonds. The van der Waals surface area contributed by atoms with Gasteiger partial charge in [0, 0.05) is 12.8 Å². The maximum atomic E-state index is 12.5. The summed E-state index contributed by atoms with van der Waals surface area (Å²) in [6, 6.07) is -0.624. The molecule has 2 atom stereocenters. The Hall–Kier alpha value is -1.66. The number of carbonyl (C=O) groups is 2. The van der Waals surface area contributed by atoms with E-state index in [-0.39, 0.29) is 18.5 Å². The van der Waals surface area contributed by atoms with Gasteiger partial charge in [-0.05, 0) is 57.8 Å². The van der Waals surface area contributed by atoms with E-state index in [1.165, 1.54) is 347 Å². The summed E-state index contributed by atoms with van der Waals surface area (Å²) >= 11 is 0. The topological polar surface area (TPSA) is 95.9 Å². The van der Waals surface area contributed by atoms with E-state index in [4.69, 9.17) is 4.74 Å². The van der Waals surface area contributed by atoms with E-state index in [1.807, 2.05) is 6.08 Å². The van der Waals surface area contributed by atoms with Gasteiger partial charge in [0.05, 0.1) is 25.4 Å². The van der Waals surface area contributed by atoms with E-state index in [0.717, 1.165) is 44.9 Å². The third-order valence-electron chi connectivity index (χ3n) is 17.5. The minimum absolute atomic E-state index is 0.0128. The van der Waals surface area contributed by atoms with Gasteiger partial charge in [-0.2, -0.15) is 0 Å². The fraction of sp³-hybridized carbons (Fsp3) is 0.920. The van der Waals surface area contributed by atoms with E-state index in [1.54, 1.807) is 6.08 Å². The lowest BCUT2D eigenvalue weighted by Crippen LogP contribution is -2.45. The number of nitrogens with one attached hydrogen (secondary N) is 1. The molecule has 81 heavy (non-hydrogen) atoms. The second-order valence-corrected chi connectivity index (χ2v) is 25.6. The summed E-state index contributed by atoms with van der Waals surface area (Å²) in [5.41, 5.74) is 0. The highest BCUT2D eigenvalue weighted by Gasteiger charge is 2.18. The molecule has 0 rings (SSSR count). The van der Waals surface area contributed by atoms with Gasteiger partial charge in [0.15, 0.2) is 0 Å². The first-order valence-corrected chi connectivity index (χ1v) is 37.1. The SMILES string of the molecule is CCCCCC/C=C\CCCCCCCC(=O)OCCCCCCCCCCCCCCCCCCCCCCCCCCCCCCCCCCCC(=O)NC(CO)C(O)/C=C/CCCCCCCCCCCCCCCCCC. The van der Waals surface area contributed by atoms with Gasteiger partial charge in [-0.15, -0.1) is 0 Å². The Kier molecular flexibility index (Phi) is 69.4. The molecule has 0 radical (unpaired) electrons. The quantitative estimate of drug-likeness (QED) is 0.0320. The van der Waals surface area contributed by atoms with Gasteiger partial charge in [0.25, 0.3) is 0 Å². The number of hydrogen-bond acceptors (Lipinski definition) is 5. The number of amides is 1. The maximum Gasteiger partial charge on any atom is 0.305 e. The molecule has 0 fully saturated rings. The Balaban J connectivity index is 3.34. The Morgan fingerprint density at radius 1 is 0.333 bits per heavy atom. The van der Waals surface area contributed by atoms with Crippen LogP contribution in [0.25, 0.3) is 0 Å². The molecule has 3 N–H and O–H groups in total. The highest BCUT2D eigenvalue weighted by atomic mass is 16.5. The van der Waals surface area contributed by atoms with Crippen LogP contribution < -0.4 is 5.32 Å². The lowest BCUT2D eigenvalue weighted by molar-refractivity contribution is -0.143. The second-order valence-electron chi connectivity index (χ2n) is 25.6. The van der Waals surface area contributed by atoms with Gasteiger partial charge < -0.3 is 20.3 Å². The van der Waals surface area contributed by atoms with Crippen molar-refractivity contribution in [1.82, 2.24) is 5.32 Å². The fourth-order valence-electron chi connectivity index (χ4n) is 11.8. The van der Waals surface area contributed by atoms with Crippen molar-refractivity contribution in [2.75, 3.05) is 13.2 Å². The molecule has 0 saturated carbocycles. The third-order valence-corrected chi connectivity index (χ3v) is 17.5. The van der Waals surface area contributed by atoms with Gasteiger partial charge in [-0.1, -0.05) is 372 Å². The van der Waals surface area contributed by atoms with Crippen LogP contribution in [-0.2, 0) is 14.3 Å². The van der Waals surface area contributed by atoms with Gasteiger partial charge in [-0.3, -0.25) is 9.59 Å². The zero-order chi connectivity index (χ0) is 58.5. The molecule has 6 heteroatoms. The Labute approximate surface area is 507 Å². The molecule has 480 valence electrons. The summed E-state index contributed by atoms with van der Waals surface area (Å²) < 4.78 is 5.49. The minimum Gasteiger partial charge on any atom is -0.466 e. The first-order valence-electron chi connectivity index (χ1n) is 37.1. The van der Waals surface area contributed by atoms with Gasteiger partial charge >= 0.3 is 5.97 Å². The summed E-state index contributed by atoms with van der Waals surface area (Å²) in [6.45, 7) is 4.93. The molecule has 0 spiro atoms. The van der Waals surface area contributed by atoms with Crippen LogP contribution in [0.2, 0.25) is 0 Å². The van der Waals surface area contributed by atoms with Crippen molar-refractivity contribution in [3.8, 4) is 0 Å². The summed E-state index contributed by atoms with van der Waals surface area (Å²) in [5.74, 6) is -0.0466. The molecule has 6 nitrogen and oxygen atoms in total. The minimum atomic E-state index is -0.841. The van der Waals surface area contributed by atoms with Gasteiger partial charge in [0.2, 0.25) is 5.91 Å². The number of hydrogen-bond donors (Lipinski definition) is 3. The van der Waals surface area contributed by atoms with Gasteiger partial charge in [0.1, 0.15) is 0 Å². The van der Waals surface area contributed by atoms with Crippen molar-refractivity contribution in [3.05, 3.63) is 24.3 Å². The van der Waals surface area contributed by atoms with Crippen LogP contribution in [0, 0.1) is 0 Å². The molecule has 0 aliphatic rings. The molecule has 2 unspecified atom stereocenters. The van der Waals surface area contributed by atoms with E-state index >= 15 is 0 Å². The van der Waals surface area contributed by atoms with E-state index in [0.29, 0.717) is 19.4 Å². The van der Waals surface area contributed by atoms with Crippen LogP contribution in [0.1, 0.15) is 418 Å². The van der Waals surface area contributed by atoms with E-state index < -0.39 is 12.1 Å². The Bertz CT molecular complexity index is 1270. The average Bonchev–Trinajstić information content (AvgIpc) is 3.47. The number of unbranched alkanes of at least 4 members (excludes halogenated alkanes) is 57. The molecular formula is C75H145NO5. The number of ether oxygens (including phenoxy) is 1. The van der Waals surface area contributed by atoms with Gasteiger partial charge in [-0.25, -0.2) is 0 Å². The molecule has 0 aliphatic carbocycles. The smallest absolute Gasteiger partial charge is 0.305 e.